The maximum atomic E-state index is 14.3. The van der Waals surface area contributed by atoms with Gasteiger partial charge in [-0.25, -0.2) is 0 Å². The topological polar surface area (TPSA) is 266 Å². The van der Waals surface area contributed by atoms with Crippen LogP contribution in [0.15, 0.2) is 120 Å². The molecule has 3 aliphatic rings. The number of aliphatic hydroxyl groups is 4. The van der Waals surface area contributed by atoms with Crippen molar-refractivity contribution in [1.82, 2.24) is 10.2 Å². The van der Waals surface area contributed by atoms with E-state index in [2.05, 4.69) is 10.6 Å². The molecule has 7 rings (SSSR count). The monoisotopic (exact) mass is 988 g/mol. The molecule has 370 valence electrons. The number of unbranched alkanes of at least 4 members (excludes halogenated alkanes) is 1. The van der Waals surface area contributed by atoms with Gasteiger partial charge in [0, 0.05) is 11.5 Å². The van der Waals surface area contributed by atoms with Gasteiger partial charge in [0.2, 0.25) is 5.78 Å². The van der Waals surface area contributed by atoms with Gasteiger partial charge in [-0.3, -0.25) is 19.3 Å². The van der Waals surface area contributed by atoms with Crippen LogP contribution in [0.2, 0.25) is 0 Å². The summed E-state index contributed by atoms with van der Waals surface area (Å²) in [6, 6.07) is 26.0. The van der Waals surface area contributed by atoms with E-state index in [4.69, 9.17) is 10.3 Å². The average molecular weight is 989 g/mol. The summed E-state index contributed by atoms with van der Waals surface area (Å²) in [5, 5.41) is 64.3. The Morgan fingerprint density at radius 2 is 1.36 bits per heavy atom. The minimum Gasteiger partial charge on any atom is -0.508 e. The number of nitrogens with two attached hydrogens (primary N) is 1. The predicted molar refractivity (Wildman–Crippen MR) is 253 cm³/mol. The van der Waals surface area contributed by atoms with E-state index in [-0.39, 0.29) is 55.2 Å². The number of carbonyl (C=O) groups is 6. The number of ketones is 2. The molecule has 0 unspecified atom stereocenters. The van der Waals surface area contributed by atoms with E-state index in [0.29, 0.717) is 15.9 Å². The molecule has 0 heterocycles. The van der Waals surface area contributed by atoms with E-state index < -0.39 is 112 Å². The van der Waals surface area contributed by atoms with E-state index >= 15 is 0 Å². The number of phenols is 1. The van der Waals surface area contributed by atoms with E-state index in [1.807, 2.05) is 0 Å². The molecular weight excluding hydrogens is 937 g/mol. The first-order chi connectivity index (χ1) is 33.0. The number of likely N-dealkylation sites (N-methyl/N-ethyl adjacent to an activating group) is 1. The second-order valence-corrected chi connectivity index (χ2v) is 22.5. The van der Waals surface area contributed by atoms with Crippen molar-refractivity contribution in [1.29, 1.82) is 0 Å². The minimum absolute atomic E-state index is 0.0824. The van der Waals surface area contributed by atoms with Crippen LogP contribution in [0.5, 0.6) is 5.75 Å². The zero-order valence-electron chi connectivity index (χ0n) is 38.1. The molecule has 20 heteroatoms. The fourth-order valence-electron chi connectivity index (χ4n) is 10.5. The third-order valence-electron chi connectivity index (χ3n) is 13.7. The first kappa shape index (κ1) is 50.9. The minimum atomic E-state index is -5.33. The van der Waals surface area contributed by atoms with Crippen LogP contribution in [0.3, 0.4) is 0 Å². The number of halogens is 3. The molecule has 0 bridgehead atoms. The van der Waals surface area contributed by atoms with Gasteiger partial charge in [-0.1, -0.05) is 13.0 Å². The van der Waals surface area contributed by atoms with Crippen LogP contribution in [0.1, 0.15) is 49.7 Å². The quantitative estimate of drug-likeness (QED) is 0.0367. The molecule has 3 aliphatic carbocycles. The number of carbonyl (C=O) groups excluding carboxylic acids is 6. The van der Waals surface area contributed by atoms with Crippen molar-refractivity contribution in [2.45, 2.75) is 62.4 Å². The number of hydrogen-bond donors (Lipinski definition) is 8. The number of alkyl halides is 3. The van der Waals surface area contributed by atoms with Gasteiger partial charge in [0.05, 0.1) is 23.6 Å². The summed E-state index contributed by atoms with van der Waals surface area (Å²) in [6.45, 7) is -3.40. The van der Waals surface area contributed by atoms with Crippen molar-refractivity contribution in [3.63, 3.8) is 0 Å². The molecule has 70 heavy (non-hydrogen) atoms. The van der Waals surface area contributed by atoms with Crippen molar-refractivity contribution in [3.8, 4) is 5.75 Å². The van der Waals surface area contributed by atoms with Gasteiger partial charge in [-0.15, -0.1) is 0 Å². The van der Waals surface area contributed by atoms with E-state index in [1.165, 1.54) is 31.1 Å². The molecule has 0 aliphatic heterocycles. The summed E-state index contributed by atoms with van der Waals surface area (Å²) in [5.41, 5.74) is 0.258. The molecule has 0 saturated heterocycles. The second kappa shape index (κ2) is 19.1. The van der Waals surface area contributed by atoms with Gasteiger partial charge in [-0.2, -0.15) is 0 Å². The Bertz CT molecular complexity index is 2730. The molecule has 4 aromatic carbocycles. The number of hydrogen-bond acceptors (Lipinski definition) is 13. The van der Waals surface area contributed by atoms with Gasteiger partial charge in [0.1, 0.15) is 17.1 Å². The van der Waals surface area contributed by atoms with Gasteiger partial charge in [-0.05, 0) is 25.6 Å². The Hall–Kier alpha value is -6.92. The van der Waals surface area contributed by atoms with Crippen LogP contribution in [0.4, 0.5) is 18.9 Å². The first-order valence-electron chi connectivity index (χ1n) is 22.3. The maximum absolute atomic E-state index is 14.3. The number of benzene rings is 4. The standard InChI is InChI=1S/C50H52F3N4O12P/c1-27-31-22-23-32(41(60)36(31)42(61)37-35(27)43(62)39-40(57(2)3)44(63)38(47(54)66)46(65)49(39,68)45(37)64)56-34(59)24-25-55-33(58)21-13-14-26-70(28-15-7-4-8-16-28,29-17-9-5-10-18-29,30-19-11-6-12-20-30)69-48(67)50(51,52)53/h4-12,15-20,22-23,27,35,39-40,43,60-62,65,68H,13-14,21,24-26H2,1-3H3,(H2,54,66)(H,55,58)(H,56,59)/t27-,35+,39+,40-,43-,49-/m0/s1. The summed E-state index contributed by atoms with van der Waals surface area (Å²) in [7, 11) is 2.80. The van der Waals surface area contributed by atoms with E-state index in [9.17, 15) is 67.5 Å². The summed E-state index contributed by atoms with van der Waals surface area (Å²) in [6.07, 6.45) is -7.38. The second-order valence-electron chi connectivity index (χ2n) is 17.9. The van der Waals surface area contributed by atoms with Crippen LogP contribution < -0.4 is 32.3 Å². The number of aromatic hydroxyl groups is 1. The molecule has 3 amide bonds. The third kappa shape index (κ3) is 8.29. The Morgan fingerprint density at radius 3 is 1.86 bits per heavy atom. The first-order valence-corrected chi connectivity index (χ1v) is 24.6. The van der Waals surface area contributed by atoms with Crippen LogP contribution in [-0.2, 0) is 33.3 Å². The number of nitrogens with one attached hydrogen (secondary N) is 2. The van der Waals surface area contributed by atoms with Crippen molar-refractivity contribution < 1.29 is 72.0 Å². The number of anilines is 1. The number of aliphatic hydroxyl groups excluding tert-OH is 3. The number of phenolic OH excluding ortho intramolecular Hbond substituents is 1. The Labute approximate surface area is 399 Å². The summed E-state index contributed by atoms with van der Waals surface area (Å²) in [4.78, 5) is 80.7. The Kier molecular flexibility index (Phi) is 13.9. The van der Waals surface area contributed by atoms with Crippen molar-refractivity contribution in [2.75, 3.05) is 32.1 Å². The number of Topliss-reactive ketones (excluding diaryl/α,β-unsaturated/α-hetero) is 2. The van der Waals surface area contributed by atoms with Crippen LogP contribution in [-0.4, -0.2) is 116 Å². The zero-order chi connectivity index (χ0) is 51.1. The number of rotatable bonds is 15. The summed E-state index contributed by atoms with van der Waals surface area (Å²) < 4.78 is 48.6. The number of primary amides is 1. The number of nitrogens with zero attached hydrogens (tertiary/aromatic N) is 1. The molecule has 16 nitrogen and oxygen atoms in total. The van der Waals surface area contributed by atoms with Crippen molar-refractivity contribution in [3.05, 3.63) is 131 Å². The number of amides is 3. The fourth-order valence-corrected chi connectivity index (χ4v) is 16.3. The molecule has 1 fully saturated rings. The zero-order valence-corrected chi connectivity index (χ0v) is 39.0. The van der Waals surface area contributed by atoms with Gasteiger partial charge < -0.3 is 31.3 Å². The molecule has 9 N–H and O–H groups in total. The van der Waals surface area contributed by atoms with Crippen molar-refractivity contribution in [2.24, 2.45) is 17.6 Å². The molecule has 1 saturated carbocycles. The van der Waals surface area contributed by atoms with Crippen LogP contribution in [0.25, 0.3) is 5.76 Å². The molecular formula is C50H52F3N4O12P. The smallest absolute Gasteiger partial charge is 0.508 e. The van der Waals surface area contributed by atoms with Gasteiger partial charge >= 0.3 is 236 Å². The molecule has 0 spiro atoms. The molecule has 0 aromatic heterocycles. The van der Waals surface area contributed by atoms with E-state index in [1.54, 1.807) is 97.9 Å². The van der Waals surface area contributed by atoms with Crippen molar-refractivity contribution >= 4 is 69.4 Å². The Balaban J connectivity index is 1.06. The number of fused-ring (bicyclic) bond motifs is 3. The molecule has 0 radical (unpaired) electrons. The summed E-state index contributed by atoms with van der Waals surface area (Å²) in [5.74, 6) is -14.3. The third-order valence-corrected chi connectivity index (χ3v) is 19.6. The molecule has 6 atom stereocenters. The normalized spacial score (nSPS) is 22.8. The van der Waals surface area contributed by atoms with Gasteiger partial charge in [0.15, 0.2) is 11.4 Å². The predicted octanol–water partition coefficient (Wildman–Crippen LogP) is 3.66. The average Bonchev–Trinajstić information content (AvgIpc) is 3.32. The fraction of sp³-hybridized carbons (Fsp3) is 0.320. The van der Waals surface area contributed by atoms with Gasteiger partial charge in [0.25, 0.3) is 5.91 Å². The summed E-state index contributed by atoms with van der Waals surface area (Å²) >= 11 is 0. The van der Waals surface area contributed by atoms with Crippen LogP contribution in [0, 0.1) is 11.8 Å². The molecule has 4 aromatic rings. The van der Waals surface area contributed by atoms with Crippen LogP contribution >= 0.6 is 6.83 Å². The Morgan fingerprint density at radius 1 is 0.814 bits per heavy atom. The van der Waals surface area contributed by atoms with E-state index in [0.717, 1.165) is 0 Å². The SMILES string of the molecule is C[C@H]1c2ccc(NC(=O)CCNC(=O)CCCCP(OC(=O)C(F)(F)F)(c3ccccc3)(c3ccccc3)c3ccccc3)c(O)c2C(O)=C2C(=O)[C@]3(O)C(O)=C(C(N)=O)C(=O)[C@@H](N(C)C)[C@@H]3[C@@H](O)[C@@H]21.